The predicted octanol–water partition coefficient (Wildman–Crippen LogP) is 5.78. The van der Waals surface area contributed by atoms with Gasteiger partial charge in [0.15, 0.2) is 0 Å². The van der Waals surface area contributed by atoms with Gasteiger partial charge in [-0.25, -0.2) is 15.2 Å². The number of amides is 3. The van der Waals surface area contributed by atoms with Crippen molar-refractivity contribution in [2.75, 3.05) is 5.32 Å². The number of hydrazine groups is 1. The summed E-state index contributed by atoms with van der Waals surface area (Å²) >= 11 is 9.26. The lowest BCUT2D eigenvalue weighted by atomic mass is 10.0. The first-order valence-electron chi connectivity index (χ1n) is 9.28. The van der Waals surface area contributed by atoms with Gasteiger partial charge in [0, 0.05) is 26.1 Å². The second kappa shape index (κ2) is 9.16. The van der Waals surface area contributed by atoms with Crippen LogP contribution >= 0.6 is 27.5 Å². The molecule has 0 fully saturated rings. The van der Waals surface area contributed by atoms with Crippen LogP contribution in [0.5, 0.6) is 0 Å². The van der Waals surface area contributed by atoms with E-state index in [0.717, 1.165) is 10.0 Å². The van der Waals surface area contributed by atoms with Crippen LogP contribution in [0.15, 0.2) is 83.3 Å². The molecule has 0 saturated heterocycles. The molecule has 3 amide bonds. The molecule has 0 aliphatic carbocycles. The molecule has 0 aliphatic rings. The fourth-order valence-corrected chi connectivity index (χ4v) is 3.40. The summed E-state index contributed by atoms with van der Waals surface area (Å²) in [6, 6.07) is 22.8. The number of rotatable bonds is 3. The monoisotopic (exact) mass is 494 g/mol. The second-order valence-corrected chi connectivity index (χ2v) is 7.97. The van der Waals surface area contributed by atoms with Gasteiger partial charge in [-0.3, -0.25) is 10.2 Å². The van der Waals surface area contributed by atoms with Crippen LogP contribution in [0, 0.1) is 0 Å². The van der Waals surface area contributed by atoms with E-state index in [2.05, 4.69) is 37.1 Å². The van der Waals surface area contributed by atoms with Crippen LogP contribution < -0.4 is 16.2 Å². The van der Waals surface area contributed by atoms with Crippen LogP contribution in [0.3, 0.4) is 0 Å². The van der Waals surface area contributed by atoms with Crippen molar-refractivity contribution in [1.82, 2.24) is 15.8 Å². The third-order valence-electron chi connectivity index (χ3n) is 4.49. The largest absolute Gasteiger partial charge is 0.337 e. The Morgan fingerprint density at radius 2 is 1.58 bits per heavy atom. The van der Waals surface area contributed by atoms with E-state index in [1.165, 1.54) is 0 Å². The standard InChI is InChI=1S/C23H16BrClN4O2/c24-15-7-5-14(6-8-15)21-13-19(18-3-1-2-4-20(18)27-21)22(30)28-29-23(31)26-17-11-9-16(25)10-12-17/h1-13H,(H,28,30)(H2,26,29,31). The highest BCUT2D eigenvalue weighted by Crippen LogP contribution is 2.26. The van der Waals surface area contributed by atoms with Crippen LogP contribution in [0.25, 0.3) is 22.2 Å². The molecule has 0 saturated carbocycles. The van der Waals surface area contributed by atoms with E-state index in [1.54, 1.807) is 30.3 Å². The summed E-state index contributed by atoms with van der Waals surface area (Å²) in [6.45, 7) is 0. The molecule has 0 bridgehead atoms. The van der Waals surface area contributed by atoms with E-state index in [9.17, 15) is 9.59 Å². The Hall–Kier alpha value is -3.42. The lowest BCUT2D eigenvalue weighted by molar-refractivity contribution is 0.0939. The Bertz CT molecular complexity index is 1260. The van der Waals surface area contributed by atoms with Gasteiger partial charge in [-0.2, -0.15) is 0 Å². The van der Waals surface area contributed by atoms with Crippen LogP contribution in [0.2, 0.25) is 5.02 Å². The molecular formula is C23H16BrClN4O2. The third-order valence-corrected chi connectivity index (χ3v) is 5.27. The van der Waals surface area contributed by atoms with Crippen molar-refractivity contribution in [1.29, 1.82) is 0 Å². The van der Waals surface area contributed by atoms with Crippen LogP contribution in [0.1, 0.15) is 10.4 Å². The van der Waals surface area contributed by atoms with Crippen molar-refractivity contribution >= 4 is 56.1 Å². The number of nitrogens with one attached hydrogen (secondary N) is 3. The highest BCUT2D eigenvalue weighted by Gasteiger charge is 2.15. The maximum atomic E-state index is 12.9. The lowest BCUT2D eigenvalue weighted by Gasteiger charge is -2.12. The van der Waals surface area contributed by atoms with Crippen molar-refractivity contribution in [2.45, 2.75) is 0 Å². The lowest BCUT2D eigenvalue weighted by Crippen LogP contribution is -2.44. The number of fused-ring (bicyclic) bond motifs is 1. The van der Waals surface area contributed by atoms with Crippen LogP contribution in [-0.4, -0.2) is 16.9 Å². The average molecular weight is 496 g/mol. The fraction of sp³-hybridized carbons (Fsp3) is 0. The molecular weight excluding hydrogens is 480 g/mol. The first-order valence-corrected chi connectivity index (χ1v) is 10.5. The number of pyridine rings is 1. The number of nitrogens with zero attached hydrogens (tertiary/aromatic N) is 1. The average Bonchev–Trinajstić information content (AvgIpc) is 2.79. The number of carbonyl (C=O) groups excluding carboxylic acids is 2. The Balaban J connectivity index is 1.55. The topological polar surface area (TPSA) is 83.1 Å². The Morgan fingerprint density at radius 3 is 2.32 bits per heavy atom. The Labute approximate surface area is 191 Å². The van der Waals surface area contributed by atoms with Crippen molar-refractivity contribution in [2.24, 2.45) is 0 Å². The molecule has 31 heavy (non-hydrogen) atoms. The van der Waals surface area contributed by atoms with E-state index in [4.69, 9.17) is 11.6 Å². The summed E-state index contributed by atoms with van der Waals surface area (Å²) in [4.78, 5) is 29.7. The molecule has 3 aromatic carbocycles. The third kappa shape index (κ3) is 5.02. The molecule has 0 aliphatic heterocycles. The van der Waals surface area contributed by atoms with Crippen molar-refractivity contribution in [3.63, 3.8) is 0 Å². The van der Waals surface area contributed by atoms with Crippen molar-refractivity contribution < 1.29 is 9.59 Å². The quantitative estimate of drug-likeness (QED) is 0.315. The molecule has 4 rings (SSSR count). The second-order valence-electron chi connectivity index (χ2n) is 6.62. The van der Waals surface area contributed by atoms with Gasteiger partial charge in [0.1, 0.15) is 0 Å². The first-order chi connectivity index (χ1) is 15.0. The van der Waals surface area contributed by atoms with Gasteiger partial charge in [-0.05, 0) is 48.5 Å². The minimum absolute atomic E-state index is 0.398. The number of carbonyl (C=O) groups is 2. The maximum Gasteiger partial charge on any atom is 0.337 e. The van der Waals surface area contributed by atoms with E-state index in [-0.39, 0.29) is 0 Å². The Morgan fingerprint density at radius 1 is 0.871 bits per heavy atom. The molecule has 0 spiro atoms. The highest BCUT2D eigenvalue weighted by atomic mass is 79.9. The van der Waals surface area contributed by atoms with Gasteiger partial charge in [-0.1, -0.05) is 57.9 Å². The molecule has 0 unspecified atom stereocenters. The normalized spacial score (nSPS) is 10.5. The van der Waals surface area contributed by atoms with Crippen LogP contribution in [0.4, 0.5) is 10.5 Å². The molecule has 1 heterocycles. The molecule has 1 aromatic heterocycles. The van der Waals surface area contributed by atoms with Crippen LogP contribution in [-0.2, 0) is 0 Å². The van der Waals surface area contributed by atoms with Gasteiger partial charge in [0.05, 0.1) is 16.8 Å². The number of aromatic nitrogens is 1. The molecule has 154 valence electrons. The van der Waals surface area contributed by atoms with Gasteiger partial charge in [-0.15, -0.1) is 0 Å². The predicted molar refractivity (Wildman–Crippen MR) is 126 cm³/mol. The van der Waals surface area contributed by atoms with E-state index >= 15 is 0 Å². The number of urea groups is 1. The van der Waals surface area contributed by atoms with Gasteiger partial charge >= 0.3 is 6.03 Å². The summed E-state index contributed by atoms with van der Waals surface area (Å²) in [5.41, 5.74) is 7.96. The van der Waals surface area contributed by atoms with E-state index in [0.29, 0.717) is 32.9 Å². The summed E-state index contributed by atoms with van der Waals surface area (Å²) in [5.74, 6) is -0.455. The summed E-state index contributed by atoms with van der Waals surface area (Å²) in [7, 11) is 0. The molecule has 0 atom stereocenters. The minimum atomic E-state index is -0.581. The molecule has 0 radical (unpaired) electrons. The molecule has 8 heteroatoms. The first kappa shape index (κ1) is 20.8. The smallest absolute Gasteiger partial charge is 0.307 e. The zero-order valence-corrected chi connectivity index (χ0v) is 18.4. The SMILES string of the molecule is O=C(NNC(=O)c1cc(-c2ccc(Br)cc2)nc2ccccc12)Nc1ccc(Cl)cc1. The summed E-state index contributed by atoms with van der Waals surface area (Å²) in [6.07, 6.45) is 0. The maximum absolute atomic E-state index is 12.9. The fourth-order valence-electron chi connectivity index (χ4n) is 3.01. The highest BCUT2D eigenvalue weighted by molar-refractivity contribution is 9.10. The van der Waals surface area contributed by atoms with Gasteiger partial charge in [0.25, 0.3) is 5.91 Å². The van der Waals surface area contributed by atoms with Gasteiger partial charge < -0.3 is 5.32 Å². The zero-order valence-electron chi connectivity index (χ0n) is 16.0. The number of hydrogen-bond donors (Lipinski definition) is 3. The van der Waals surface area contributed by atoms with E-state index < -0.39 is 11.9 Å². The minimum Gasteiger partial charge on any atom is -0.307 e. The van der Waals surface area contributed by atoms with Gasteiger partial charge in [0.2, 0.25) is 0 Å². The number of halogens is 2. The van der Waals surface area contributed by atoms with Crippen molar-refractivity contribution in [3.8, 4) is 11.3 Å². The number of benzene rings is 3. The summed E-state index contributed by atoms with van der Waals surface area (Å²) in [5, 5.41) is 3.86. The Kier molecular flexibility index (Phi) is 6.16. The number of para-hydroxylation sites is 1. The molecule has 6 nitrogen and oxygen atoms in total. The zero-order chi connectivity index (χ0) is 21.8. The summed E-state index contributed by atoms with van der Waals surface area (Å²) < 4.78 is 0.950. The number of hydrogen-bond acceptors (Lipinski definition) is 3. The van der Waals surface area contributed by atoms with E-state index in [1.807, 2.05) is 48.5 Å². The molecule has 4 aromatic rings. The number of anilines is 1. The molecule has 3 N–H and O–H groups in total. The van der Waals surface area contributed by atoms with Crippen molar-refractivity contribution in [3.05, 3.63) is 93.9 Å².